The molecule has 1 aromatic carbocycles. The molecular weight excluding hydrogens is 306 g/mol. The SMILES string of the molecule is C#CCOC(=O)NCCOc1ccc(C[C@@H]2CCCC[C@H]2O)cc1. The van der Waals surface area contributed by atoms with E-state index in [2.05, 4.69) is 16.0 Å². The van der Waals surface area contributed by atoms with E-state index in [4.69, 9.17) is 11.2 Å². The number of aliphatic hydroxyl groups excluding tert-OH is 1. The highest BCUT2D eigenvalue weighted by Crippen LogP contribution is 2.27. The smallest absolute Gasteiger partial charge is 0.408 e. The van der Waals surface area contributed by atoms with Gasteiger partial charge in [-0.05, 0) is 42.9 Å². The summed E-state index contributed by atoms with van der Waals surface area (Å²) in [6.07, 6.45) is 9.54. The zero-order chi connectivity index (χ0) is 17.2. The number of aliphatic hydroxyl groups is 1. The van der Waals surface area contributed by atoms with Crippen molar-refractivity contribution in [3.8, 4) is 18.1 Å². The Kier molecular flexibility index (Phi) is 7.44. The van der Waals surface area contributed by atoms with Crippen LogP contribution in [-0.4, -0.2) is 37.1 Å². The Balaban J connectivity index is 1.68. The lowest BCUT2D eigenvalue weighted by molar-refractivity contribution is 0.0700. The molecular formula is C19H25NO4. The molecule has 1 saturated carbocycles. The highest BCUT2D eigenvalue weighted by molar-refractivity contribution is 5.67. The standard InChI is InChI=1S/C19H25NO4/c1-2-12-24-19(22)20-11-13-23-17-9-7-15(8-10-17)14-16-5-3-4-6-18(16)21/h1,7-10,16,18,21H,3-6,11-14H2,(H,20,22)/t16-,18+/m0/s1. The zero-order valence-corrected chi connectivity index (χ0v) is 13.9. The Morgan fingerprint density at radius 3 is 2.75 bits per heavy atom. The van der Waals surface area contributed by atoms with E-state index in [1.807, 2.05) is 24.3 Å². The van der Waals surface area contributed by atoms with E-state index in [-0.39, 0.29) is 12.7 Å². The molecule has 1 fully saturated rings. The first-order valence-corrected chi connectivity index (χ1v) is 8.43. The molecule has 0 saturated heterocycles. The number of rotatable bonds is 7. The van der Waals surface area contributed by atoms with E-state index >= 15 is 0 Å². The van der Waals surface area contributed by atoms with E-state index in [9.17, 15) is 9.90 Å². The number of terminal acetylenes is 1. The molecule has 0 bridgehead atoms. The molecule has 0 unspecified atom stereocenters. The third kappa shape index (κ3) is 6.13. The molecule has 2 N–H and O–H groups in total. The summed E-state index contributed by atoms with van der Waals surface area (Å²) < 4.78 is 10.2. The zero-order valence-electron chi connectivity index (χ0n) is 13.9. The maximum absolute atomic E-state index is 11.2. The number of alkyl carbamates (subject to hydrolysis) is 1. The number of nitrogens with one attached hydrogen (secondary N) is 1. The Labute approximate surface area is 143 Å². The van der Waals surface area contributed by atoms with Gasteiger partial charge in [-0.3, -0.25) is 0 Å². The highest BCUT2D eigenvalue weighted by Gasteiger charge is 2.22. The van der Waals surface area contributed by atoms with Crippen LogP contribution >= 0.6 is 0 Å². The number of ether oxygens (including phenoxy) is 2. The van der Waals surface area contributed by atoms with Crippen LogP contribution in [0.2, 0.25) is 0 Å². The molecule has 0 aliphatic heterocycles. The third-order valence-corrected chi connectivity index (χ3v) is 4.22. The van der Waals surface area contributed by atoms with Gasteiger partial charge in [-0.15, -0.1) is 6.42 Å². The van der Waals surface area contributed by atoms with Crippen LogP contribution in [0.25, 0.3) is 0 Å². The minimum atomic E-state index is -0.544. The molecule has 5 heteroatoms. The number of hydrogen-bond donors (Lipinski definition) is 2. The van der Waals surface area contributed by atoms with Crippen LogP contribution in [0.4, 0.5) is 4.79 Å². The van der Waals surface area contributed by atoms with Crippen LogP contribution in [0.15, 0.2) is 24.3 Å². The first-order valence-electron chi connectivity index (χ1n) is 8.43. The van der Waals surface area contributed by atoms with Crippen molar-refractivity contribution in [1.82, 2.24) is 5.32 Å². The molecule has 2 rings (SSSR count). The van der Waals surface area contributed by atoms with Gasteiger partial charge < -0.3 is 19.9 Å². The third-order valence-electron chi connectivity index (χ3n) is 4.22. The lowest BCUT2D eigenvalue weighted by atomic mass is 9.82. The van der Waals surface area contributed by atoms with Gasteiger partial charge in [-0.1, -0.05) is 30.9 Å². The van der Waals surface area contributed by atoms with E-state index in [0.29, 0.717) is 19.1 Å². The van der Waals surface area contributed by atoms with Crippen molar-refractivity contribution in [1.29, 1.82) is 0 Å². The first kappa shape index (κ1) is 18.2. The molecule has 24 heavy (non-hydrogen) atoms. The van der Waals surface area contributed by atoms with Gasteiger partial charge in [0.2, 0.25) is 0 Å². The van der Waals surface area contributed by atoms with Gasteiger partial charge >= 0.3 is 6.09 Å². The van der Waals surface area contributed by atoms with Crippen molar-refractivity contribution in [3.63, 3.8) is 0 Å². The van der Waals surface area contributed by atoms with Crippen LogP contribution in [0.1, 0.15) is 31.2 Å². The summed E-state index contributed by atoms with van der Waals surface area (Å²) in [4.78, 5) is 11.2. The molecule has 1 aliphatic carbocycles. The number of benzene rings is 1. The molecule has 1 aliphatic rings. The van der Waals surface area contributed by atoms with Gasteiger partial charge in [-0.2, -0.15) is 0 Å². The minimum Gasteiger partial charge on any atom is -0.492 e. The number of carbonyl (C=O) groups excluding carboxylic acids is 1. The number of hydrogen-bond acceptors (Lipinski definition) is 4. The second kappa shape index (κ2) is 9.84. The summed E-state index contributed by atoms with van der Waals surface area (Å²) in [5.41, 5.74) is 1.21. The fourth-order valence-corrected chi connectivity index (χ4v) is 2.93. The quantitative estimate of drug-likeness (QED) is 0.595. The van der Waals surface area contributed by atoms with Crippen LogP contribution in [-0.2, 0) is 11.2 Å². The van der Waals surface area contributed by atoms with E-state index in [1.165, 1.54) is 12.0 Å². The van der Waals surface area contributed by atoms with Gasteiger partial charge in [0.15, 0.2) is 6.61 Å². The number of amides is 1. The minimum absolute atomic E-state index is 0.0379. The summed E-state index contributed by atoms with van der Waals surface area (Å²) in [5.74, 6) is 3.34. The fraction of sp³-hybridized carbons (Fsp3) is 0.526. The van der Waals surface area contributed by atoms with E-state index < -0.39 is 6.09 Å². The molecule has 130 valence electrons. The summed E-state index contributed by atoms with van der Waals surface area (Å²) in [6, 6.07) is 7.90. The Morgan fingerprint density at radius 1 is 1.29 bits per heavy atom. The molecule has 1 amide bonds. The van der Waals surface area contributed by atoms with Crippen molar-refractivity contribution < 1.29 is 19.4 Å². The van der Waals surface area contributed by atoms with Gasteiger partial charge in [-0.25, -0.2) is 4.79 Å². The van der Waals surface area contributed by atoms with Crippen molar-refractivity contribution in [2.75, 3.05) is 19.8 Å². The fourth-order valence-electron chi connectivity index (χ4n) is 2.93. The maximum Gasteiger partial charge on any atom is 0.408 e. The summed E-state index contributed by atoms with van der Waals surface area (Å²) >= 11 is 0. The molecule has 1 aromatic rings. The molecule has 0 heterocycles. The Bertz CT molecular complexity index is 549. The second-order valence-electron chi connectivity index (χ2n) is 6.02. The van der Waals surface area contributed by atoms with E-state index in [1.54, 1.807) is 0 Å². The van der Waals surface area contributed by atoms with Crippen molar-refractivity contribution >= 4 is 6.09 Å². The summed E-state index contributed by atoms with van der Waals surface area (Å²) in [7, 11) is 0. The second-order valence-corrected chi connectivity index (χ2v) is 6.02. The van der Waals surface area contributed by atoms with Crippen LogP contribution in [0.3, 0.4) is 0 Å². The Morgan fingerprint density at radius 2 is 2.04 bits per heavy atom. The number of carbonyl (C=O) groups is 1. The highest BCUT2D eigenvalue weighted by atomic mass is 16.5. The van der Waals surface area contributed by atoms with Gasteiger partial charge in [0.25, 0.3) is 0 Å². The lowest BCUT2D eigenvalue weighted by Crippen LogP contribution is -2.28. The predicted molar refractivity (Wildman–Crippen MR) is 91.8 cm³/mol. The van der Waals surface area contributed by atoms with Crippen molar-refractivity contribution in [3.05, 3.63) is 29.8 Å². The normalized spacial score (nSPS) is 20.0. The van der Waals surface area contributed by atoms with Gasteiger partial charge in [0.05, 0.1) is 12.6 Å². The Hall–Kier alpha value is -2.19. The maximum atomic E-state index is 11.2. The summed E-state index contributed by atoms with van der Waals surface area (Å²) in [5, 5.41) is 12.6. The lowest BCUT2D eigenvalue weighted by Gasteiger charge is -2.27. The predicted octanol–water partition coefficient (Wildman–Crippen LogP) is 2.52. The largest absolute Gasteiger partial charge is 0.492 e. The molecule has 0 spiro atoms. The average molecular weight is 331 g/mol. The van der Waals surface area contributed by atoms with Gasteiger partial charge in [0.1, 0.15) is 12.4 Å². The van der Waals surface area contributed by atoms with Crippen molar-refractivity contribution in [2.24, 2.45) is 5.92 Å². The van der Waals surface area contributed by atoms with E-state index in [0.717, 1.165) is 31.4 Å². The monoisotopic (exact) mass is 331 g/mol. The molecule has 0 radical (unpaired) electrons. The summed E-state index contributed by atoms with van der Waals surface area (Å²) in [6.45, 7) is 0.662. The van der Waals surface area contributed by atoms with Crippen molar-refractivity contribution in [2.45, 2.75) is 38.2 Å². The van der Waals surface area contributed by atoms with Crippen LogP contribution in [0.5, 0.6) is 5.75 Å². The molecule has 0 aromatic heterocycles. The topological polar surface area (TPSA) is 67.8 Å². The van der Waals surface area contributed by atoms with Gasteiger partial charge in [0, 0.05) is 0 Å². The average Bonchev–Trinajstić information content (AvgIpc) is 2.60. The molecule has 5 nitrogen and oxygen atoms in total. The van der Waals surface area contributed by atoms with Crippen LogP contribution < -0.4 is 10.1 Å². The first-order chi connectivity index (χ1) is 11.7. The van der Waals surface area contributed by atoms with Crippen LogP contribution in [0, 0.1) is 18.3 Å². The molecule has 2 atom stereocenters.